The van der Waals surface area contributed by atoms with Crippen molar-refractivity contribution in [2.45, 2.75) is 33.4 Å². The van der Waals surface area contributed by atoms with Gasteiger partial charge >= 0.3 is 0 Å². The van der Waals surface area contributed by atoms with Crippen LogP contribution >= 0.6 is 11.3 Å². The molecule has 0 amide bonds. The molecule has 1 rings (SSSR count). The van der Waals surface area contributed by atoms with E-state index < -0.39 is 0 Å². The third kappa shape index (κ3) is 3.40. The Morgan fingerprint density at radius 2 is 2.14 bits per heavy atom. The molecule has 0 aliphatic carbocycles. The van der Waals surface area contributed by atoms with Crippen LogP contribution in [0.4, 0.5) is 0 Å². The van der Waals surface area contributed by atoms with Crippen LogP contribution in [0.2, 0.25) is 0 Å². The zero-order valence-electron chi connectivity index (χ0n) is 9.21. The van der Waals surface area contributed by atoms with E-state index in [2.05, 4.69) is 36.8 Å². The number of aryl methyl sites for hydroxylation is 1. The maximum atomic E-state index is 5.79. The molecule has 1 heterocycles. The lowest BCUT2D eigenvalue weighted by molar-refractivity contribution is 0.445. The molecular weight excluding hydrogens is 192 g/mol. The second kappa shape index (κ2) is 5.49. The summed E-state index contributed by atoms with van der Waals surface area (Å²) in [6.45, 7) is 8.35. The first-order valence-electron chi connectivity index (χ1n) is 5.09. The van der Waals surface area contributed by atoms with Crippen molar-refractivity contribution in [1.82, 2.24) is 5.32 Å². The van der Waals surface area contributed by atoms with Gasteiger partial charge < -0.3 is 11.1 Å². The van der Waals surface area contributed by atoms with Crippen molar-refractivity contribution in [2.24, 2.45) is 11.7 Å². The highest BCUT2D eigenvalue weighted by Crippen LogP contribution is 2.13. The van der Waals surface area contributed by atoms with Gasteiger partial charge in [-0.2, -0.15) is 11.3 Å². The summed E-state index contributed by atoms with van der Waals surface area (Å²) >= 11 is 1.77. The van der Waals surface area contributed by atoms with Gasteiger partial charge in [-0.1, -0.05) is 6.92 Å². The molecule has 0 saturated heterocycles. The smallest absolute Gasteiger partial charge is 0.0216 e. The molecule has 1 aromatic heterocycles. The predicted molar refractivity (Wildman–Crippen MR) is 63.6 cm³/mol. The normalized spacial score (nSPS) is 15.4. The number of thiophene rings is 1. The van der Waals surface area contributed by atoms with Gasteiger partial charge in [0.25, 0.3) is 0 Å². The zero-order valence-corrected chi connectivity index (χ0v) is 10.0. The fourth-order valence-corrected chi connectivity index (χ4v) is 2.05. The van der Waals surface area contributed by atoms with Crippen molar-refractivity contribution in [1.29, 1.82) is 0 Å². The molecule has 0 aromatic carbocycles. The van der Waals surface area contributed by atoms with Gasteiger partial charge in [-0.3, -0.25) is 0 Å². The van der Waals surface area contributed by atoms with Crippen molar-refractivity contribution in [3.8, 4) is 0 Å². The summed E-state index contributed by atoms with van der Waals surface area (Å²) in [7, 11) is 0. The molecular formula is C11H20N2S. The Hall–Kier alpha value is -0.380. The lowest BCUT2D eigenvalue weighted by Gasteiger charge is -2.15. The summed E-state index contributed by atoms with van der Waals surface area (Å²) in [5, 5.41) is 7.83. The van der Waals surface area contributed by atoms with E-state index in [0.717, 1.165) is 13.1 Å². The third-order valence-corrected chi connectivity index (χ3v) is 3.55. The molecule has 3 heteroatoms. The highest BCUT2D eigenvalue weighted by Gasteiger charge is 2.06. The predicted octanol–water partition coefficient (Wildman–Crippen LogP) is 2.13. The number of hydrogen-bond acceptors (Lipinski definition) is 3. The fraction of sp³-hybridized carbons (Fsp3) is 0.636. The van der Waals surface area contributed by atoms with Crippen molar-refractivity contribution in [3.05, 3.63) is 21.9 Å². The van der Waals surface area contributed by atoms with E-state index >= 15 is 0 Å². The first-order chi connectivity index (χ1) is 6.61. The van der Waals surface area contributed by atoms with Crippen molar-refractivity contribution >= 4 is 11.3 Å². The second-order valence-electron chi connectivity index (χ2n) is 4.05. The van der Waals surface area contributed by atoms with E-state index in [9.17, 15) is 0 Å². The SMILES string of the molecule is Cc1cscc1CNCC(C)C(C)N. The highest BCUT2D eigenvalue weighted by atomic mass is 32.1. The van der Waals surface area contributed by atoms with Gasteiger partial charge in [0.05, 0.1) is 0 Å². The Balaban J connectivity index is 2.25. The molecule has 0 saturated carbocycles. The van der Waals surface area contributed by atoms with Crippen LogP contribution in [0.15, 0.2) is 10.8 Å². The molecule has 0 spiro atoms. The van der Waals surface area contributed by atoms with Gasteiger partial charge in [0.1, 0.15) is 0 Å². The van der Waals surface area contributed by atoms with Crippen molar-refractivity contribution in [3.63, 3.8) is 0 Å². The average Bonchev–Trinajstić information content (AvgIpc) is 2.51. The van der Waals surface area contributed by atoms with Crippen LogP contribution in [0.25, 0.3) is 0 Å². The lowest BCUT2D eigenvalue weighted by atomic mass is 10.1. The van der Waals surface area contributed by atoms with E-state index in [1.54, 1.807) is 11.3 Å². The van der Waals surface area contributed by atoms with Gasteiger partial charge in [-0.15, -0.1) is 0 Å². The van der Waals surface area contributed by atoms with E-state index in [1.807, 2.05) is 0 Å². The lowest BCUT2D eigenvalue weighted by Crippen LogP contribution is -2.32. The standard InChI is InChI=1S/C11H20N2S/c1-8(10(3)12)4-13-5-11-7-14-6-9(11)2/h6-8,10,13H,4-5,12H2,1-3H3. The van der Waals surface area contributed by atoms with Crippen LogP contribution in [0, 0.1) is 12.8 Å². The Kier molecular flexibility index (Phi) is 4.58. The molecule has 2 unspecified atom stereocenters. The first-order valence-corrected chi connectivity index (χ1v) is 6.03. The zero-order chi connectivity index (χ0) is 10.6. The number of hydrogen-bond donors (Lipinski definition) is 2. The third-order valence-electron chi connectivity index (χ3n) is 2.64. The van der Waals surface area contributed by atoms with Gasteiger partial charge in [-0.25, -0.2) is 0 Å². The first kappa shape index (κ1) is 11.7. The van der Waals surface area contributed by atoms with Gasteiger partial charge in [-0.05, 0) is 48.2 Å². The minimum Gasteiger partial charge on any atom is -0.328 e. The van der Waals surface area contributed by atoms with E-state index in [-0.39, 0.29) is 6.04 Å². The summed E-state index contributed by atoms with van der Waals surface area (Å²) in [6.07, 6.45) is 0. The number of nitrogens with two attached hydrogens (primary N) is 1. The summed E-state index contributed by atoms with van der Waals surface area (Å²) < 4.78 is 0. The molecule has 0 fully saturated rings. The minimum atomic E-state index is 0.270. The van der Waals surface area contributed by atoms with Crippen LogP contribution in [-0.2, 0) is 6.54 Å². The Bertz CT molecular complexity index is 268. The maximum absolute atomic E-state index is 5.79. The van der Waals surface area contributed by atoms with Gasteiger partial charge in [0.2, 0.25) is 0 Å². The average molecular weight is 212 g/mol. The van der Waals surface area contributed by atoms with E-state index in [1.165, 1.54) is 11.1 Å². The molecule has 80 valence electrons. The molecule has 14 heavy (non-hydrogen) atoms. The molecule has 0 aliphatic rings. The maximum Gasteiger partial charge on any atom is 0.0216 e. The molecule has 0 aliphatic heterocycles. The summed E-state index contributed by atoms with van der Waals surface area (Å²) in [4.78, 5) is 0. The molecule has 2 atom stereocenters. The topological polar surface area (TPSA) is 38.0 Å². The fourth-order valence-electron chi connectivity index (χ4n) is 1.19. The Labute approximate surface area is 90.5 Å². The molecule has 2 nitrogen and oxygen atoms in total. The molecule has 0 radical (unpaired) electrons. The van der Waals surface area contributed by atoms with Crippen LogP contribution in [0.5, 0.6) is 0 Å². The molecule has 0 bridgehead atoms. The highest BCUT2D eigenvalue weighted by molar-refractivity contribution is 7.08. The van der Waals surface area contributed by atoms with Crippen LogP contribution in [-0.4, -0.2) is 12.6 Å². The van der Waals surface area contributed by atoms with E-state index in [0.29, 0.717) is 5.92 Å². The monoisotopic (exact) mass is 212 g/mol. The summed E-state index contributed by atoms with van der Waals surface area (Å²) in [5.41, 5.74) is 8.58. The summed E-state index contributed by atoms with van der Waals surface area (Å²) in [5.74, 6) is 0.536. The largest absolute Gasteiger partial charge is 0.328 e. The van der Waals surface area contributed by atoms with Crippen LogP contribution in [0.3, 0.4) is 0 Å². The molecule has 3 N–H and O–H groups in total. The Morgan fingerprint density at radius 3 is 2.64 bits per heavy atom. The van der Waals surface area contributed by atoms with Gasteiger partial charge in [0, 0.05) is 12.6 Å². The van der Waals surface area contributed by atoms with Gasteiger partial charge in [0.15, 0.2) is 0 Å². The van der Waals surface area contributed by atoms with E-state index in [4.69, 9.17) is 5.73 Å². The van der Waals surface area contributed by atoms with Crippen molar-refractivity contribution < 1.29 is 0 Å². The minimum absolute atomic E-state index is 0.270. The Morgan fingerprint density at radius 1 is 1.43 bits per heavy atom. The quantitative estimate of drug-likeness (QED) is 0.784. The number of nitrogens with one attached hydrogen (secondary N) is 1. The number of rotatable bonds is 5. The van der Waals surface area contributed by atoms with Crippen molar-refractivity contribution in [2.75, 3.05) is 6.54 Å². The second-order valence-corrected chi connectivity index (χ2v) is 4.79. The van der Waals surface area contributed by atoms with Crippen LogP contribution < -0.4 is 11.1 Å². The summed E-state index contributed by atoms with van der Waals surface area (Å²) in [6, 6.07) is 0.270. The molecule has 1 aromatic rings. The van der Waals surface area contributed by atoms with Crippen LogP contribution in [0.1, 0.15) is 25.0 Å².